The van der Waals surface area contributed by atoms with Gasteiger partial charge in [0, 0.05) is 45.2 Å². The van der Waals surface area contributed by atoms with E-state index in [1.54, 1.807) is 6.92 Å². The zero-order valence-electron chi connectivity index (χ0n) is 17.4. The lowest BCUT2D eigenvalue weighted by atomic mass is 10.2. The molecule has 0 aromatic carbocycles. The fourth-order valence-electron chi connectivity index (χ4n) is 3.44. The van der Waals surface area contributed by atoms with Crippen LogP contribution in [0.5, 0.6) is 0 Å². The van der Waals surface area contributed by atoms with Crippen molar-refractivity contribution in [3.63, 3.8) is 0 Å². The smallest absolute Gasteiger partial charge is 0.380 e. The van der Waals surface area contributed by atoms with Gasteiger partial charge in [0.1, 0.15) is 11.5 Å². The van der Waals surface area contributed by atoms with Crippen molar-refractivity contribution >= 4 is 11.7 Å². The highest BCUT2D eigenvalue weighted by Gasteiger charge is 2.33. The van der Waals surface area contributed by atoms with Gasteiger partial charge in [0.15, 0.2) is 0 Å². The molecule has 1 fully saturated rings. The predicted molar refractivity (Wildman–Crippen MR) is 106 cm³/mol. The van der Waals surface area contributed by atoms with Crippen molar-refractivity contribution in [1.29, 1.82) is 0 Å². The second kappa shape index (κ2) is 10.9. The summed E-state index contributed by atoms with van der Waals surface area (Å²) in [4.78, 5) is 21.9. The lowest BCUT2D eigenvalue weighted by molar-refractivity contribution is -0.141. The molecule has 1 atom stereocenters. The number of likely N-dealkylation sites (tertiary alicyclic amines) is 1. The summed E-state index contributed by atoms with van der Waals surface area (Å²) in [5, 5.41) is 0. The molecule has 2 heterocycles. The molecule has 0 saturated carbocycles. The van der Waals surface area contributed by atoms with Crippen molar-refractivity contribution in [2.45, 2.75) is 38.9 Å². The number of halogens is 3. The fourth-order valence-corrected chi connectivity index (χ4v) is 3.44. The van der Waals surface area contributed by atoms with Crippen LogP contribution in [0.4, 0.5) is 19.0 Å². The van der Waals surface area contributed by atoms with E-state index in [1.165, 1.54) is 17.0 Å². The van der Waals surface area contributed by atoms with E-state index in [2.05, 4.69) is 21.8 Å². The van der Waals surface area contributed by atoms with Gasteiger partial charge in [-0.25, -0.2) is 4.98 Å². The zero-order valence-corrected chi connectivity index (χ0v) is 17.4. The number of amides is 1. The van der Waals surface area contributed by atoms with Crippen LogP contribution in [-0.4, -0.2) is 79.7 Å². The standard InChI is InChI=1S/C20H31F3N4O2/c1-4-19(28)27(18-8-6-7-17(24-18)20(21,22)23)12-11-26-10-9-16(15-26)25(3)13-14-29-5-2/h6-8,16H,4-5,9-15H2,1-3H3. The molecule has 1 saturated heterocycles. The molecule has 1 aliphatic rings. The van der Waals surface area contributed by atoms with E-state index in [1.807, 2.05) is 6.92 Å². The number of nitrogens with zero attached hydrogens (tertiary/aromatic N) is 4. The number of alkyl halides is 3. The molecule has 29 heavy (non-hydrogen) atoms. The molecule has 0 aliphatic carbocycles. The lowest BCUT2D eigenvalue weighted by Crippen LogP contribution is -2.40. The SMILES string of the molecule is CCOCCN(C)C1CCN(CCN(C(=O)CC)c2cccc(C(F)(F)F)n2)C1. The first kappa shape index (κ1) is 23.6. The second-order valence-corrected chi connectivity index (χ2v) is 7.20. The van der Waals surface area contributed by atoms with Gasteiger partial charge in [-0.15, -0.1) is 0 Å². The van der Waals surface area contributed by atoms with E-state index >= 15 is 0 Å². The van der Waals surface area contributed by atoms with Gasteiger partial charge in [-0.1, -0.05) is 13.0 Å². The molecule has 6 nitrogen and oxygen atoms in total. The third-order valence-electron chi connectivity index (χ3n) is 5.21. The van der Waals surface area contributed by atoms with Crippen molar-refractivity contribution in [3.8, 4) is 0 Å². The third kappa shape index (κ3) is 6.94. The van der Waals surface area contributed by atoms with Crippen LogP contribution in [0.3, 0.4) is 0 Å². The normalized spacial score (nSPS) is 17.8. The van der Waals surface area contributed by atoms with Crippen LogP contribution in [0.2, 0.25) is 0 Å². The van der Waals surface area contributed by atoms with Crippen LogP contribution in [0.1, 0.15) is 32.4 Å². The van der Waals surface area contributed by atoms with E-state index in [9.17, 15) is 18.0 Å². The summed E-state index contributed by atoms with van der Waals surface area (Å²) in [5.41, 5.74) is -0.985. The molecule has 0 bridgehead atoms. The molecule has 0 N–H and O–H groups in total. The maximum absolute atomic E-state index is 13.0. The monoisotopic (exact) mass is 416 g/mol. The number of likely N-dealkylation sites (N-methyl/N-ethyl adjacent to an activating group) is 1. The van der Waals surface area contributed by atoms with Crippen molar-refractivity contribution in [3.05, 3.63) is 23.9 Å². The Balaban J connectivity index is 1.96. The highest BCUT2D eigenvalue weighted by Crippen LogP contribution is 2.29. The zero-order chi connectivity index (χ0) is 21.4. The molecule has 2 rings (SSSR count). The maximum atomic E-state index is 13.0. The summed E-state index contributed by atoms with van der Waals surface area (Å²) in [5.74, 6) is -0.183. The highest BCUT2D eigenvalue weighted by molar-refractivity contribution is 5.92. The van der Waals surface area contributed by atoms with E-state index in [0.717, 1.165) is 32.1 Å². The van der Waals surface area contributed by atoms with Gasteiger partial charge in [-0.05, 0) is 39.1 Å². The minimum absolute atomic E-state index is 0.0521. The number of pyridine rings is 1. The van der Waals surface area contributed by atoms with Crippen molar-refractivity contribution in [2.24, 2.45) is 0 Å². The number of carbonyl (C=O) groups is 1. The summed E-state index contributed by atoms with van der Waals surface area (Å²) in [6, 6.07) is 4.08. The van der Waals surface area contributed by atoms with Gasteiger partial charge in [-0.2, -0.15) is 13.2 Å². The molecule has 1 amide bonds. The number of rotatable bonds is 10. The Bertz CT molecular complexity index is 657. The first-order valence-corrected chi connectivity index (χ1v) is 10.1. The van der Waals surface area contributed by atoms with Crippen LogP contribution >= 0.6 is 0 Å². The molecule has 1 aromatic heterocycles. The van der Waals surface area contributed by atoms with Crippen molar-refractivity contribution in [1.82, 2.24) is 14.8 Å². The second-order valence-electron chi connectivity index (χ2n) is 7.20. The molecular formula is C20H31F3N4O2. The number of aromatic nitrogens is 1. The molecule has 0 spiro atoms. The lowest BCUT2D eigenvalue weighted by Gasteiger charge is -2.27. The van der Waals surface area contributed by atoms with Crippen LogP contribution in [0.15, 0.2) is 18.2 Å². The Labute approximate surface area is 170 Å². The Kier molecular flexibility index (Phi) is 8.85. The summed E-state index contributed by atoms with van der Waals surface area (Å²) in [6.07, 6.45) is -3.31. The minimum atomic E-state index is -4.54. The average molecular weight is 416 g/mol. The van der Waals surface area contributed by atoms with Crippen LogP contribution < -0.4 is 4.90 Å². The summed E-state index contributed by atoms with van der Waals surface area (Å²) in [6.45, 7) is 8.61. The van der Waals surface area contributed by atoms with E-state index in [4.69, 9.17) is 4.74 Å². The number of ether oxygens (including phenoxy) is 1. The molecular weight excluding hydrogens is 385 g/mol. The van der Waals surface area contributed by atoms with Crippen molar-refractivity contribution < 1.29 is 22.7 Å². The summed E-state index contributed by atoms with van der Waals surface area (Å²) in [7, 11) is 2.08. The van der Waals surface area contributed by atoms with Gasteiger partial charge in [0.2, 0.25) is 5.91 Å². The number of hydrogen-bond donors (Lipinski definition) is 0. The molecule has 0 radical (unpaired) electrons. The fraction of sp³-hybridized carbons (Fsp3) is 0.700. The Hall–Kier alpha value is -1.71. The summed E-state index contributed by atoms with van der Waals surface area (Å²) >= 11 is 0. The average Bonchev–Trinajstić information content (AvgIpc) is 3.16. The van der Waals surface area contributed by atoms with E-state index in [-0.39, 0.29) is 18.1 Å². The van der Waals surface area contributed by atoms with Crippen LogP contribution in [0.25, 0.3) is 0 Å². The highest BCUT2D eigenvalue weighted by atomic mass is 19.4. The van der Waals surface area contributed by atoms with Gasteiger partial charge in [0.25, 0.3) is 0 Å². The Morgan fingerprint density at radius 1 is 1.31 bits per heavy atom. The number of carbonyl (C=O) groups excluding carboxylic acids is 1. The number of hydrogen-bond acceptors (Lipinski definition) is 5. The number of anilines is 1. The molecule has 1 aromatic rings. The van der Waals surface area contributed by atoms with Gasteiger partial charge >= 0.3 is 6.18 Å². The third-order valence-corrected chi connectivity index (χ3v) is 5.21. The van der Waals surface area contributed by atoms with Crippen LogP contribution in [-0.2, 0) is 15.7 Å². The minimum Gasteiger partial charge on any atom is -0.380 e. The summed E-state index contributed by atoms with van der Waals surface area (Å²) < 4.78 is 44.4. The van der Waals surface area contributed by atoms with Gasteiger partial charge in [-0.3, -0.25) is 19.5 Å². The first-order valence-electron chi connectivity index (χ1n) is 10.1. The topological polar surface area (TPSA) is 48.9 Å². The largest absolute Gasteiger partial charge is 0.433 e. The molecule has 1 unspecified atom stereocenters. The maximum Gasteiger partial charge on any atom is 0.433 e. The van der Waals surface area contributed by atoms with Crippen molar-refractivity contribution in [2.75, 3.05) is 57.9 Å². The van der Waals surface area contributed by atoms with E-state index in [0.29, 0.717) is 32.3 Å². The van der Waals surface area contributed by atoms with Gasteiger partial charge < -0.3 is 4.74 Å². The first-order chi connectivity index (χ1) is 13.8. The van der Waals surface area contributed by atoms with E-state index < -0.39 is 11.9 Å². The predicted octanol–water partition coefficient (Wildman–Crippen LogP) is 2.89. The van der Waals surface area contributed by atoms with Crippen LogP contribution in [0, 0.1) is 0 Å². The Morgan fingerprint density at radius 3 is 2.72 bits per heavy atom. The van der Waals surface area contributed by atoms with Gasteiger partial charge in [0.05, 0.1) is 6.61 Å². The molecule has 9 heteroatoms. The molecule has 1 aliphatic heterocycles. The quantitative estimate of drug-likeness (QED) is 0.549. The molecule has 164 valence electrons. The Morgan fingerprint density at radius 2 is 2.07 bits per heavy atom.